The summed E-state index contributed by atoms with van der Waals surface area (Å²) in [7, 11) is 0. The van der Waals surface area contributed by atoms with Crippen molar-refractivity contribution in [2.45, 2.75) is 25.8 Å². The summed E-state index contributed by atoms with van der Waals surface area (Å²) in [5.74, 6) is 0.154. The van der Waals surface area contributed by atoms with Gasteiger partial charge in [0, 0.05) is 28.7 Å². The lowest BCUT2D eigenvalue weighted by atomic mass is 9.90. The van der Waals surface area contributed by atoms with E-state index in [4.69, 9.17) is 11.6 Å². The van der Waals surface area contributed by atoms with Gasteiger partial charge < -0.3 is 15.6 Å². The van der Waals surface area contributed by atoms with Crippen LogP contribution in [0.3, 0.4) is 0 Å². The molecule has 0 spiro atoms. The second-order valence-electron chi connectivity index (χ2n) is 6.52. The number of amides is 1. The Kier molecular flexibility index (Phi) is 5.96. The molecule has 4 N–H and O–H groups in total. The average molecular weight is 371 g/mol. The van der Waals surface area contributed by atoms with Crippen LogP contribution in [0.1, 0.15) is 30.9 Å². The van der Waals surface area contributed by atoms with Crippen molar-refractivity contribution in [3.05, 3.63) is 70.9 Å². The van der Waals surface area contributed by atoms with E-state index in [0.717, 1.165) is 22.6 Å². The Labute approximate surface area is 158 Å². The minimum atomic E-state index is -0.148. The second-order valence-corrected chi connectivity index (χ2v) is 6.93. The van der Waals surface area contributed by atoms with Crippen molar-refractivity contribution in [3.63, 3.8) is 0 Å². The fourth-order valence-corrected chi connectivity index (χ4v) is 3.61. The van der Waals surface area contributed by atoms with Crippen LogP contribution in [0.25, 0.3) is 10.9 Å². The number of hydrogen-bond acceptors (Lipinski definition) is 1. The van der Waals surface area contributed by atoms with Gasteiger partial charge in [-0.25, -0.2) is 0 Å². The maximum atomic E-state index is 12.1. The van der Waals surface area contributed by atoms with Crippen LogP contribution >= 0.6 is 11.6 Å². The van der Waals surface area contributed by atoms with E-state index >= 15 is 0 Å². The molecule has 3 rings (SSSR count). The Morgan fingerprint density at radius 1 is 1.15 bits per heavy atom. The summed E-state index contributed by atoms with van der Waals surface area (Å²) >= 11 is 6.51. The first-order chi connectivity index (χ1) is 12.6. The van der Waals surface area contributed by atoms with Crippen LogP contribution in [0.2, 0.25) is 5.02 Å². The van der Waals surface area contributed by atoms with Gasteiger partial charge in [-0.2, -0.15) is 0 Å². The zero-order valence-corrected chi connectivity index (χ0v) is 15.9. The summed E-state index contributed by atoms with van der Waals surface area (Å²) in [6.07, 6.45) is 2.06. The zero-order chi connectivity index (χ0) is 18.5. The maximum Gasteiger partial charge on any atom is 0.277 e. The summed E-state index contributed by atoms with van der Waals surface area (Å²) in [5, 5.41) is 6.91. The van der Waals surface area contributed by atoms with Crippen molar-refractivity contribution in [3.8, 4) is 0 Å². The van der Waals surface area contributed by atoms with Gasteiger partial charge in [0.2, 0.25) is 0 Å². The number of para-hydroxylation sites is 1. The number of quaternary nitrogens is 1. The van der Waals surface area contributed by atoms with E-state index in [9.17, 15) is 4.79 Å². The van der Waals surface area contributed by atoms with Crippen LogP contribution in [0.4, 0.5) is 0 Å². The quantitative estimate of drug-likeness (QED) is 0.588. The third-order valence-corrected chi connectivity index (χ3v) is 5.11. The van der Waals surface area contributed by atoms with Crippen molar-refractivity contribution in [2.24, 2.45) is 0 Å². The molecule has 26 heavy (non-hydrogen) atoms. The van der Waals surface area contributed by atoms with Crippen molar-refractivity contribution >= 4 is 28.4 Å². The Bertz CT molecular complexity index is 890. The van der Waals surface area contributed by atoms with Gasteiger partial charge in [-0.1, -0.05) is 48.0 Å². The van der Waals surface area contributed by atoms with Crippen molar-refractivity contribution < 1.29 is 10.1 Å². The van der Waals surface area contributed by atoms with E-state index in [1.54, 1.807) is 0 Å². The fraction of sp³-hybridized carbons (Fsp3) is 0.286. The van der Waals surface area contributed by atoms with E-state index in [1.807, 2.05) is 44.2 Å². The van der Waals surface area contributed by atoms with Gasteiger partial charge in [0.1, 0.15) is 0 Å². The number of halogens is 1. The monoisotopic (exact) mass is 370 g/mol. The number of fused-ring (bicyclic) bond motifs is 1. The molecule has 0 saturated heterocycles. The normalized spacial score (nSPS) is 13.5. The van der Waals surface area contributed by atoms with E-state index in [1.165, 1.54) is 10.9 Å². The van der Waals surface area contributed by atoms with Crippen LogP contribution < -0.4 is 10.6 Å². The highest BCUT2D eigenvalue weighted by atomic mass is 35.5. The van der Waals surface area contributed by atoms with Gasteiger partial charge in [0.05, 0.1) is 12.5 Å². The molecule has 0 fully saturated rings. The Balaban J connectivity index is 1.93. The first-order valence-corrected chi connectivity index (χ1v) is 9.41. The summed E-state index contributed by atoms with van der Waals surface area (Å²) in [6.45, 7) is 5.25. The molecule has 0 radical (unpaired) electrons. The maximum absolute atomic E-state index is 12.1. The standard InChI is InChI=1S/C21H24ClN3O/c1-3-23-21(26)14(2)24-12-17(15-8-4-6-10-19(15)22)18-13-25-20-11-7-5-9-16(18)20/h4-11,13-14,17,24-25H,3,12H2,1-2H3,(H,23,26)/p+1/t14-,17-/m0/s1. The van der Waals surface area contributed by atoms with Gasteiger partial charge >= 0.3 is 0 Å². The molecule has 0 aliphatic carbocycles. The first kappa shape index (κ1) is 18.5. The summed E-state index contributed by atoms with van der Waals surface area (Å²) in [5.41, 5.74) is 3.39. The van der Waals surface area contributed by atoms with E-state index in [0.29, 0.717) is 6.54 Å². The number of H-pyrrole nitrogens is 1. The van der Waals surface area contributed by atoms with Gasteiger partial charge in [0.15, 0.2) is 6.04 Å². The average Bonchev–Trinajstić information content (AvgIpc) is 3.07. The molecule has 0 bridgehead atoms. The minimum absolute atomic E-state index is 0.0596. The second kappa shape index (κ2) is 8.39. The number of aromatic amines is 1. The Hall–Kier alpha value is -2.30. The fourth-order valence-electron chi connectivity index (χ4n) is 3.34. The number of aromatic nitrogens is 1. The predicted octanol–water partition coefficient (Wildman–Crippen LogP) is 3.04. The van der Waals surface area contributed by atoms with Gasteiger partial charge in [-0.3, -0.25) is 4.79 Å². The number of benzene rings is 2. The van der Waals surface area contributed by atoms with Gasteiger partial charge in [-0.15, -0.1) is 0 Å². The number of nitrogens with one attached hydrogen (secondary N) is 2. The molecule has 136 valence electrons. The van der Waals surface area contributed by atoms with Crippen molar-refractivity contribution in [1.82, 2.24) is 10.3 Å². The van der Waals surface area contributed by atoms with Crippen LogP contribution in [0, 0.1) is 0 Å². The van der Waals surface area contributed by atoms with E-state index in [2.05, 4.69) is 40.0 Å². The molecule has 2 aromatic carbocycles. The van der Waals surface area contributed by atoms with E-state index < -0.39 is 0 Å². The van der Waals surface area contributed by atoms with Crippen LogP contribution in [0.15, 0.2) is 54.7 Å². The zero-order valence-electron chi connectivity index (χ0n) is 15.1. The molecule has 4 nitrogen and oxygen atoms in total. The summed E-state index contributed by atoms with van der Waals surface area (Å²) in [6, 6.07) is 16.1. The molecule has 0 aliphatic rings. The number of carbonyl (C=O) groups is 1. The molecule has 0 aliphatic heterocycles. The van der Waals surface area contributed by atoms with Crippen LogP contribution in [-0.2, 0) is 4.79 Å². The molecule has 1 amide bonds. The lowest BCUT2D eigenvalue weighted by Crippen LogP contribution is -2.92. The highest BCUT2D eigenvalue weighted by molar-refractivity contribution is 6.31. The highest BCUT2D eigenvalue weighted by Crippen LogP contribution is 2.33. The third kappa shape index (κ3) is 3.92. The lowest BCUT2D eigenvalue weighted by molar-refractivity contribution is -0.674. The Morgan fingerprint density at radius 3 is 2.65 bits per heavy atom. The number of likely N-dealkylation sites (N-methyl/N-ethyl adjacent to an activating group) is 1. The molecule has 2 atom stereocenters. The summed E-state index contributed by atoms with van der Waals surface area (Å²) in [4.78, 5) is 15.4. The SMILES string of the molecule is CCNC(=O)[C@H](C)[NH2+]C[C@@H](c1ccccc1Cl)c1c[nH]c2ccccc12. The van der Waals surface area contributed by atoms with Gasteiger partial charge in [-0.05, 0) is 37.1 Å². The first-order valence-electron chi connectivity index (χ1n) is 9.03. The molecule has 5 heteroatoms. The smallest absolute Gasteiger partial charge is 0.277 e. The van der Waals surface area contributed by atoms with Crippen LogP contribution in [-0.4, -0.2) is 30.0 Å². The molecular weight excluding hydrogens is 346 g/mol. The number of hydrogen-bond donors (Lipinski definition) is 3. The molecule has 1 aromatic heterocycles. The molecule has 3 aromatic rings. The molecule has 0 saturated carbocycles. The topological polar surface area (TPSA) is 61.5 Å². The number of carbonyl (C=O) groups excluding carboxylic acids is 1. The highest BCUT2D eigenvalue weighted by Gasteiger charge is 2.24. The van der Waals surface area contributed by atoms with Crippen LogP contribution in [0.5, 0.6) is 0 Å². The summed E-state index contributed by atoms with van der Waals surface area (Å²) < 4.78 is 0. The Morgan fingerprint density at radius 2 is 1.88 bits per heavy atom. The molecular formula is C21H25ClN3O+. The van der Waals surface area contributed by atoms with Crippen molar-refractivity contribution in [2.75, 3.05) is 13.1 Å². The predicted molar refractivity (Wildman–Crippen MR) is 107 cm³/mol. The molecule has 1 heterocycles. The number of rotatable bonds is 7. The van der Waals surface area contributed by atoms with Gasteiger partial charge in [0.25, 0.3) is 5.91 Å². The van der Waals surface area contributed by atoms with E-state index in [-0.39, 0.29) is 17.9 Å². The third-order valence-electron chi connectivity index (χ3n) is 4.77. The largest absolute Gasteiger partial charge is 0.361 e. The number of nitrogens with two attached hydrogens (primary N) is 1. The van der Waals surface area contributed by atoms with Crippen molar-refractivity contribution in [1.29, 1.82) is 0 Å². The lowest BCUT2D eigenvalue weighted by Gasteiger charge is -2.19. The molecule has 0 unspecified atom stereocenters. The minimum Gasteiger partial charge on any atom is -0.361 e.